The second-order valence-electron chi connectivity index (χ2n) is 7.51. The molecule has 7 nitrogen and oxygen atoms in total. The molecule has 2 aromatic carbocycles. The Labute approximate surface area is 175 Å². The molecule has 0 unspecified atom stereocenters. The van der Waals surface area contributed by atoms with Crippen LogP contribution >= 0.6 is 0 Å². The number of nitrogens with one attached hydrogen (secondary N) is 1. The Bertz CT molecular complexity index is 1070. The molecule has 1 fully saturated rings. The lowest BCUT2D eigenvalue weighted by atomic mass is 10.1. The lowest BCUT2D eigenvalue weighted by Crippen LogP contribution is -2.39. The van der Waals surface area contributed by atoms with Crippen molar-refractivity contribution in [1.82, 2.24) is 19.8 Å². The molecule has 2 heterocycles. The predicted octanol–water partition coefficient (Wildman–Crippen LogP) is 2.36. The number of likely N-dealkylation sites (tertiary alicyclic amines) is 1. The van der Waals surface area contributed by atoms with Crippen molar-refractivity contribution in [2.24, 2.45) is 0 Å². The van der Waals surface area contributed by atoms with Crippen molar-refractivity contribution in [1.29, 1.82) is 0 Å². The van der Waals surface area contributed by atoms with Crippen LogP contribution < -0.4 is 15.6 Å². The first-order chi connectivity index (χ1) is 14.7. The summed E-state index contributed by atoms with van der Waals surface area (Å²) in [5.41, 5.74) is 2.21. The first-order valence-corrected chi connectivity index (χ1v) is 10.2. The summed E-state index contributed by atoms with van der Waals surface area (Å²) in [6.45, 7) is 2.49. The number of methoxy groups -OCH3 is 1. The van der Waals surface area contributed by atoms with E-state index in [9.17, 15) is 9.59 Å². The van der Waals surface area contributed by atoms with E-state index in [-0.39, 0.29) is 24.1 Å². The number of rotatable bonds is 7. The minimum absolute atomic E-state index is 0.0306. The summed E-state index contributed by atoms with van der Waals surface area (Å²) in [5, 5.41) is 3.04. The van der Waals surface area contributed by atoms with Gasteiger partial charge in [0.25, 0.3) is 5.56 Å². The number of nitrogens with zero attached hydrogens (tertiary/aromatic N) is 3. The highest BCUT2D eigenvalue weighted by Gasteiger charge is 2.24. The minimum atomic E-state index is -0.282. The third kappa shape index (κ3) is 4.36. The fourth-order valence-electron chi connectivity index (χ4n) is 4.02. The first kappa shape index (κ1) is 20.1. The van der Waals surface area contributed by atoms with Crippen LogP contribution in [0.4, 0.5) is 0 Å². The average molecular weight is 406 g/mol. The molecular formula is C23H26N4O3. The van der Waals surface area contributed by atoms with E-state index in [1.54, 1.807) is 13.2 Å². The fourth-order valence-corrected chi connectivity index (χ4v) is 4.02. The van der Waals surface area contributed by atoms with Crippen molar-refractivity contribution in [2.45, 2.75) is 25.4 Å². The minimum Gasteiger partial charge on any atom is -0.497 e. The highest BCUT2D eigenvalue weighted by Crippen LogP contribution is 2.26. The fraction of sp³-hybridized carbons (Fsp3) is 0.348. The van der Waals surface area contributed by atoms with Gasteiger partial charge in [0, 0.05) is 6.54 Å². The van der Waals surface area contributed by atoms with Crippen molar-refractivity contribution < 1.29 is 9.53 Å². The van der Waals surface area contributed by atoms with Gasteiger partial charge < -0.3 is 10.1 Å². The van der Waals surface area contributed by atoms with Crippen molar-refractivity contribution >= 4 is 16.9 Å². The Morgan fingerprint density at radius 1 is 1.13 bits per heavy atom. The molecule has 1 atom stereocenters. The lowest BCUT2D eigenvalue weighted by Gasteiger charge is -2.28. The Kier molecular flexibility index (Phi) is 6.09. The Morgan fingerprint density at radius 2 is 1.87 bits per heavy atom. The van der Waals surface area contributed by atoms with E-state index in [0.29, 0.717) is 17.6 Å². The van der Waals surface area contributed by atoms with Gasteiger partial charge in [-0.15, -0.1) is 0 Å². The maximum absolute atomic E-state index is 12.7. The molecular weight excluding hydrogens is 380 g/mol. The van der Waals surface area contributed by atoms with Gasteiger partial charge in [0.15, 0.2) is 0 Å². The number of ether oxygens (including phenoxy) is 1. The summed E-state index contributed by atoms with van der Waals surface area (Å²) < 4.78 is 6.73. The summed E-state index contributed by atoms with van der Waals surface area (Å²) >= 11 is 0. The number of carbonyl (C=O) groups is 1. The molecule has 1 saturated heterocycles. The molecule has 1 N–H and O–H groups in total. The molecule has 1 amide bonds. The molecule has 3 aromatic rings. The van der Waals surface area contributed by atoms with Crippen LogP contribution in [-0.2, 0) is 11.3 Å². The third-order valence-electron chi connectivity index (χ3n) is 5.63. The van der Waals surface area contributed by atoms with Crippen LogP contribution in [0.1, 0.15) is 24.4 Å². The van der Waals surface area contributed by atoms with Gasteiger partial charge in [-0.25, -0.2) is 4.98 Å². The van der Waals surface area contributed by atoms with Crippen LogP contribution in [0.5, 0.6) is 5.75 Å². The summed E-state index contributed by atoms with van der Waals surface area (Å²) in [6.07, 6.45) is 3.60. The van der Waals surface area contributed by atoms with Crippen LogP contribution in [0.3, 0.4) is 0 Å². The standard InChI is InChI=1S/C23H26N4O3/c1-30-18-10-8-17(9-11-18)21(26-12-4-5-13-26)14-25-22(28)16-27-20-7-3-2-6-19(20)24-15-23(27)29/h2-3,6-11,15,21H,4-5,12-14,16H2,1H3,(H,25,28)/t21-/m0/s1. The van der Waals surface area contributed by atoms with Crippen LogP contribution in [0.2, 0.25) is 0 Å². The van der Waals surface area contributed by atoms with Gasteiger partial charge >= 0.3 is 0 Å². The third-order valence-corrected chi connectivity index (χ3v) is 5.63. The van der Waals surface area contributed by atoms with Crippen molar-refractivity contribution in [2.75, 3.05) is 26.7 Å². The molecule has 7 heteroatoms. The van der Waals surface area contributed by atoms with Gasteiger partial charge in [0.1, 0.15) is 12.3 Å². The molecule has 30 heavy (non-hydrogen) atoms. The van der Waals surface area contributed by atoms with E-state index in [1.165, 1.54) is 23.6 Å². The summed E-state index contributed by atoms with van der Waals surface area (Å²) in [6, 6.07) is 15.4. The molecule has 0 bridgehead atoms. The van der Waals surface area contributed by atoms with E-state index in [2.05, 4.69) is 27.3 Å². The smallest absolute Gasteiger partial charge is 0.269 e. The molecule has 4 rings (SSSR count). The number of carbonyl (C=O) groups excluding carboxylic acids is 1. The van der Waals surface area contributed by atoms with Crippen molar-refractivity contribution in [3.8, 4) is 5.75 Å². The second-order valence-corrected chi connectivity index (χ2v) is 7.51. The highest BCUT2D eigenvalue weighted by molar-refractivity contribution is 5.80. The van der Waals surface area contributed by atoms with Crippen LogP contribution in [0.25, 0.3) is 11.0 Å². The van der Waals surface area contributed by atoms with E-state index < -0.39 is 0 Å². The SMILES string of the molecule is COc1ccc([C@H](CNC(=O)Cn2c(=O)cnc3ccccc32)N2CCCC2)cc1. The topological polar surface area (TPSA) is 76.5 Å². The normalized spacial score (nSPS) is 15.2. The molecule has 1 aromatic heterocycles. The van der Waals surface area contributed by atoms with Crippen LogP contribution in [0.15, 0.2) is 59.5 Å². The zero-order valence-electron chi connectivity index (χ0n) is 17.1. The average Bonchev–Trinajstić information content (AvgIpc) is 3.31. The van der Waals surface area contributed by atoms with Crippen LogP contribution in [0, 0.1) is 0 Å². The molecule has 0 spiro atoms. The molecule has 0 aliphatic carbocycles. The summed E-state index contributed by atoms with van der Waals surface area (Å²) in [5.74, 6) is 0.623. The van der Waals surface area contributed by atoms with E-state index >= 15 is 0 Å². The molecule has 0 saturated carbocycles. The maximum atomic E-state index is 12.7. The van der Waals surface area contributed by atoms with Gasteiger partial charge in [0.05, 0.1) is 30.4 Å². The van der Waals surface area contributed by atoms with Gasteiger partial charge in [-0.2, -0.15) is 0 Å². The number of hydrogen-bond acceptors (Lipinski definition) is 5. The van der Waals surface area contributed by atoms with Crippen molar-refractivity contribution in [3.63, 3.8) is 0 Å². The number of benzene rings is 2. The number of para-hydroxylation sites is 2. The van der Waals surface area contributed by atoms with E-state index in [4.69, 9.17) is 4.74 Å². The van der Waals surface area contributed by atoms with Crippen LogP contribution in [-0.4, -0.2) is 47.1 Å². The maximum Gasteiger partial charge on any atom is 0.269 e. The first-order valence-electron chi connectivity index (χ1n) is 10.2. The van der Waals surface area contributed by atoms with Gasteiger partial charge in [-0.05, 0) is 55.8 Å². The molecule has 0 radical (unpaired) electrons. The second kappa shape index (κ2) is 9.09. The Hall–Kier alpha value is -3.19. The van der Waals surface area contributed by atoms with Crippen molar-refractivity contribution in [3.05, 3.63) is 70.6 Å². The Balaban J connectivity index is 1.49. The summed E-state index contributed by atoms with van der Waals surface area (Å²) in [4.78, 5) is 31.6. The monoisotopic (exact) mass is 406 g/mol. The molecule has 1 aliphatic heterocycles. The largest absolute Gasteiger partial charge is 0.497 e. The summed E-state index contributed by atoms with van der Waals surface area (Å²) in [7, 11) is 1.65. The zero-order valence-corrected chi connectivity index (χ0v) is 17.1. The zero-order chi connectivity index (χ0) is 20.9. The number of hydrogen-bond donors (Lipinski definition) is 1. The quantitative estimate of drug-likeness (QED) is 0.652. The number of amides is 1. The molecule has 1 aliphatic rings. The van der Waals surface area contributed by atoms with Gasteiger partial charge in [-0.1, -0.05) is 24.3 Å². The molecule has 156 valence electrons. The number of aromatic nitrogens is 2. The van der Waals surface area contributed by atoms with E-state index in [0.717, 1.165) is 24.4 Å². The van der Waals surface area contributed by atoms with E-state index in [1.807, 2.05) is 30.3 Å². The lowest BCUT2D eigenvalue weighted by molar-refractivity contribution is -0.121. The number of fused-ring (bicyclic) bond motifs is 1. The Morgan fingerprint density at radius 3 is 2.60 bits per heavy atom. The predicted molar refractivity (Wildman–Crippen MR) is 116 cm³/mol. The van der Waals surface area contributed by atoms with Gasteiger partial charge in [-0.3, -0.25) is 19.1 Å². The highest BCUT2D eigenvalue weighted by atomic mass is 16.5. The van der Waals surface area contributed by atoms with Gasteiger partial charge in [0.2, 0.25) is 5.91 Å².